The molecule has 26 heavy (non-hydrogen) atoms. The number of amides is 1. The minimum absolute atomic E-state index is 0.0784. The highest BCUT2D eigenvalue weighted by molar-refractivity contribution is 5.94. The van der Waals surface area contributed by atoms with Crippen molar-refractivity contribution in [2.24, 2.45) is 14.1 Å². The Labute approximate surface area is 153 Å². The number of pyridine rings is 1. The first kappa shape index (κ1) is 17.8. The Kier molecular flexibility index (Phi) is 5.43. The fourth-order valence-corrected chi connectivity index (χ4v) is 2.79. The topological polar surface area (TPSA) is 62.8 Å². The van der Waals surface area contributed by atoms with Crippen molar-refractivity contribution in [3.05, 3.63) is 66.5 Å². The van der Waals surface area contributed by atoms with Gasteiger partial charge < -0.3 is 10.6 Å². The van der Waals surface area contributed by atoms with Gasteiger partial charge in [-0.05, 0) is 19.0 Å². The number of nitrogens with zero attached hydrogens (tertiary/aromatic N) is 3. The highest BCUT2D eigenvalue weighted by atomic mass is 16.2. The number of aryl methyl sites for hydroxylation is 2. The second-order valence-corrected chi connectivity index (χ2v) is 6.31. The summed E-state index contributed by atoms with van der Waals surface area (Å²) in [6, 6.07) is 15.6. The lowest BCUT2D eigenvalue weighted by Crippen LogP contribution is -2.40. The van der Waals surface area contributed by atoms with Gasteiger partial charge in [0, 0.05) is 30.8 Å². The Morgan fingerprint density at radius 2 is 1.88 bits per heavy atom. The van der Waals surface area contributed by atoms with Crippen molar-refractivity contribution >= 4 is 11.7 Å². The quantitative estimate of drug-likeness (QED) is 0.665. The van der Waals surface area contributed by atoms with Crippen molar-refractivity contribution in [1.82, 2.24) is 15.1 Å². The van der Waals surface area contributed by atoms with Gasteiger partial charge in [-0.3, -0.25) is 9.48 Å². The highest BCUT2D eigenvalue weighted by Gasteiger charge is 2.19. The lowest BCUT2D eigenvalue weighted by Gasteiger charge is -2.16. The third kappa shape index (κ3) is 4.15. The van der Waals surface area contributed by atoms with Crippen LogP contribution in [-0.4, -0.2) is 28.8 Å². The van der Waals surface area contributed by atoms with Gasteiger partial charge in [0.2, 0.25) is 5.91 Å². The summed E-state index contributed by atoms with van der Waals surface area (Å²) in [6.07, 6.45) is 4.57. The first-order valence-corrected chi connectivity index (χ1v) is 8.58. The number of aromatic nitrogens is 3. The molecule has 6 heteroatoms. The molecule has 0 aliphatic carbocycles. The Morgan fingerprint density at radius 1 is 1.19 bits per heavy atom. The minimum atomic E-state index is -0.313. The maximum atomic E-state index is 12.7. The molecule has 1 aromatic carbocycles. The van der Waals surface area contributed by atoms with Gasteiger partial charge in [0.25, 0.3) is 0 Å². The second kappa shape index (κ2) is 7.93. The fourth-order valence-electron chi connectivity index (χ4n) is 2.79. The summed E-state index contributed by atoms with van der Waals surface area (Å²) >= 11 is 0. The molecule has 0 spiro atoms. The van der Waals surface area contributed by atoms with Gasteiger partial charge in [-0.1, -0.05) is 30.3 Å². The van der Waals surface area contributed by atoms with E-state index in [9.17, 15) is 4.79 Å². The van der Waals surface area contributed by atoms with Crippen LogP contribution >= 0.6 is 0 Å². The van der Waals surface area contributed by atoms with Gasteiger partial charge in [-0.15, -0.1) is 0 Å². The molecule has 6 nitrogen and oxygen atoms in total. The third-order valence-corrected chi connectivity index (χ3v) is 4.35. The first-order chi connectivity index (χ1) is 12.6. The van der Waals surface area contributed by atoms with Crippen LogP contribution in [0.3, 0.4) is 0 Å². The van der Waals surface area contributed by atoms with Crippen LogP contribution in [0, 0.1) is 0 Å². The average Bonchev–Trinajstić information content (AvgIpc) is 3.01. The van der Waals surface area contributed by atoms with Crippen LogP contribution < -0.4 is 15.2 Å². The van der Waals surface area contributed by atoms with E-state index in [4.69, 9.17) is 0 Å². The van der Waals surface area contributed by atoms with Crippen molar-refractivity contribution < 1.29 is 9.36 Å². The molecule has 1 unspecified atom stereocenters. The molecule has 0 saturated carbocycles. The van der Waals surface area contributed by atoms with E-state index in [0.29, 0.717) is 12.2 Å². The summed E-state index contributed by atoms with van der Waals surface area (Å²) in [5.41, 5.74) is 2.95. The average molecular weight is 350 g/mol. The summed E-state index contributed by atoms with van der Waals surface area (Å²) in [4.78, 5) is 12.7. The van der Waals surface area contributed by atoms with Crippen molar-refractivity contribution in [2.75, 3.05) is 12.4 Å². The Hall–Kier alpha value is -2.99. The van der Waals surface area contributed by atoms with Crippen LogP contribution in [0.25, 0.3) is 11.3 Å². The number of carbonyl (C=O) groups excluding carboxylic acids is 1. The van der Waals surface area contributed by atoms with Crippen LogP contribution in [-0.2, 0) is 25.3 Å². The minimum Gasteiger partial charge on any atom is -0.310 e. The summed E-state index contributed by atoms with van der Waals surface area (Å²) < 4.78 is 3.66. The van der Waals surface area contributed by atoms with Gasteiger partial charge >= 0.3 is 0 Å². The molecule has 1 atom stereocenters. The van der Waals surface area contributed by atoms with E-state index < -0.39 is 0 Å². The van der Waals surface area contributed by atoms with E-state index in [0.717, 1.165) is 16.8 Å². The number of hydrogen-bond donors (Lipinski definition) is 2. The van der Waals surface area contributed by atoms with Crippen LogP contribution in [0.15, 0.2) is 60.9 Å². The van der Waals surface area contributed by atoms with Crippen molar-refractivity contribution in [2.45, 2.75) is 12.5 Å². The number of hydrogen-bond acceptors (Lipinski definition) is 3. The molecule has 3 rings (SSSR count). The lowest BCUT2D eigenvalue weighted by atomic mass is 10.1. The number of anilines is 1. The third-order valence-electron chi connectivity index (χ3n) is 4.35. The maximum Gasteiger partial charge on any atom is 0.242 e. The van der Waals surface area contributed by atoms with Crippen molar-refractivity contribution in [3.63, 3.8) is 0 Å². The first-order valence-electron chi connectivity index (χ1n) is 8.58. The molecular formula is C20H24N5O+. The van der Waals surface area contributed by atoms with E-state index >= 15 is 0 Å². The van der Waals surface area contributed by atoms with Crippen LogP contribution in [0.2, 0.25) is 0 Å². The number of rotatable bonds is 6. The van der Waals surface area contributed by atoms with Gasteiger partial charge in [0.1, 0.15) is 12.9 Å². The normalized spacial score (nSPS) is 12.0. The monoisotopic (exact) mass is 350 g/mol. The van der Waals surface area contributed by atoms with Gasteiger partial charge in [-0.25, -0.2) is 4.57 Å². The van der Waals surface area contributed by atoms with E-state index in [1.807, 2.05) is 79.6 Å². The summed E-state index contributed by atoms with van der Waals surface area (Å²) in [6.45, 7) is 0. The number of benzene rings is 1. The molecule has 0 bridgehead atoms. The second-order valence-electron chi connectivity index (χ2n) is 6.31. The molecule has 0 saturated heterocycles. The predicted molar refractivity (Wildman–Crippen MR) is 101 cm³/mol. The van der Waals surface area contributed by atoms with E-state index in [-0.39, 0.29) is 11.9 Å². The number of carbonyl (C=O) groups is 1. The molecule has 2 heterocycles. The summed E-state index contributed by atoms with van der Waals surface area (Å²) in [5, 5.41) is 10.6. The van der Waals surface area contributed by atoms with Gasteiger partial charge in [-0.2, -0.15) is 5.10 Å². The molecule has 0 aliphatic heterocycles. The molecule has 2 aromatic heterocycles. The maximum absolute atomic E-state index is 12.7. The molecule has 0 fully saturated rings. The van der Waals surface area contributed by atoms with E-state index in [1.54, 1.807) is 11.7 Å². The molecular weight excluding hydrogens is 326 g/mol. The molecule has 0 aliphatic rings. The van der Waals surface area contributed by atoms with Gasteiger partial charge in [0.15, 0.2) is 12.4 Å². The number of nitrogens with one attached hydrogen (secondary N) is 2. The molecule has 1 amide bonds. The number of likely N-dealkylation sites (N-methyl/N-ethyl adjacent to an activating group) is 1. The van der Waals surface area contributed by atoms with Crippen LogP contribution in [0.4, 0.5) is 5.82 Å². The summed E-state index contributed by atoms with van der Waals surface area (Å²) in [5.74, 6) is 0.594. The highest BCUT2D eigenvalue weighted by Crippen LogP contribution is 2.20. The van der Waals surface area contributed by atoms with E-state index in [1.165, 1.54) is 0 Å². The van der Waals surface area contributed by atoms with Crippen molar-refractivity contribution in [3.8, 4) is 11.3 Å². The lowest BCUT2D eigenvalue weighted by molar-refractivity contribution is -0.671. The molecule has 134 valence electrons. The Bertz CT molecular complexity index is 871. The van der Waals surface area contributed by atoms with E-state index in [2.05, 4.69) is 15.7 Å². The zero-order chi connectivity index (χ0) is 18.5. The zero-order valence-corrected chi connectivity index (χ0v) is 15.3. The predicted octanol–water partition coefficient (Wildman–Crippen LogP) is 1.68. The molecule has 3 aromatic rings. The molecule has 2 N–H and O–H groups in total. The fraction of sp³-hybridized carbons (Fsp3) is 0.250. The largest absolute Gasteiger partial charge is 0.310 e. The smallest absolute Gasteiger partial charge is 0.242 e. The standard InChI is InChI=1S/C20H23N5O/c1-21-18(13-15-7-5-4-6-8-15)20(26)22-19-14-17(23-25(19)3)16-9-11-24(2)12-10-16/h4-12,14,18,21H,13H2,1-3H3/p+1. The Morgan fingerprint density at radius 3 is 2.54 bits per heavy atom. The SMILES string of the molecule is CNC(Cc1ccccc1)C(=O)Nc1cc(-c2cc[n+](C)cc2)nn1C. The zero-order valence-electron chi connectivity index (χ0n) is 15.3. The molecule has 0 radical (unpaired) electrons. The van der Waals surface area contributed by atoms with Crippen molar-refractivity contribution in [1.29, 1.82) is 0 Å². The van der Waals surface area contributed by atoms with Crippen LogP contribution in [0.5, 0.6) is 0 Å². The summed E-state index contributed by atoms with van der Waals surface area (Å²) in [7, 11) is 5.60. The van der Waals surface area contributed by atoms with Crippen LogP contribution in [0.1, 0.15) is 5.56 Å². The van der Waals surface area contributed by atoms with Gasteiger partial charge in [0.05, 0.1) is 11.7 Å². The Balaban J connectivity index is 1.73.